The lowest BCUT2D eigenvalue weighted by molar-refractivity contribution is -0.239. The maximum Gasteiger partial charge on any atom is 0.186 e. The summed E-state index contributed by atoms with van der Waals surface area (Å²) in [6.07, 6.45) is -0.323. The van der Waals surface area contributed by atoms with Gasteiger partial charge >= 0.3 is 0 Å². The third kappa shape index (κ3) is 2.70. The average Bonchev–Trinajstić information content (AvgIpc) is 2.59. The second-order valence-corrected chi connectivity index (χ2v) is 4.65. The summed E-state index contributed by atoms with van der Waals surface area (Å²) in [7, 11) is 1.56. The molecule has 2 fully saturated rings. The molecule has 0 amide bonds. The Morgan fingerprint density at radius 1 is 1.47 bits per heavy atom. The Hall–Kier alpha value is -0.850. The quantitative estimate of drug-likeness (QED) is 0.428. The number of methoxy groups -OCH3 is 1. The Balaban J connectivity index is 2.05. The van der Waals surface area contributed by atoms with E-state index in [4.69, 9.17) is 24.5 Å². The lowest BCUT2D eigenvalue weighted by Gasteiger charge is -2.35. The standard InChI is InChI=1S/C10H17N3O4/c1-10(2)16-7-4-6(5-12-13-11)15-9(14-3)8(7)17-10/h6-9H,4-5H2,1-3H3/t6?,7-,8?,9-/m0/s1. The van der Waals surface area contributed by atoms with Crippen LogP contribution < -0.4 is 0 Å². The van der Waals surface area contributed by atoms with E-state index in [1.165, 1.54) is 0 Å². The van der Waals surface area contributed by atoms with Gasteiger partial charge in [-0.3, -0.25) is 0 Å². The fourth-order valence-corrected chi connectivity index (χ4v) is 2.29. The number of hydrogen-bond acceptors (Lipinski definition) is 5. The SMILES string of the molecule is CO[C@H]1OC(CN=[N+]=[N-])C[C@@H]2OC(C)(C)OC12. The van der Waals surface area contributed by atoms with Crippen LogP contribution in [0.3, 0.4) is 0 Å². The van der Waals surface area contributed by atoms with Gasteiger partial charge in [0.2, 0.25) is 0 Å². The van der Waals surface area contributed by atoms with Crippen molar-refractivity contribution in [2.24, 2.45) is 5.11 Å². The van der Waals surface area contributed by atoms with Gasteiger partial charge in [-0.15, -0.1) is 0 Å². The van der Waals surface area contributed by atoms with E-state index >= 15 is 0 Å². The molecule has 0 aromatic rings. The zero-order valence-corrected chi connectivity index (χ0v) is 10.2. The van der Waals surface area contributed by atoms with E-state index in [1.807, 2.05) is 13.8 Å². The molecule has 0 bridgehead atoms. The molecule has 2 aliphatic rings. The molecular weight excluding hydrogens is 226 g/mol. The van der Waals surface area contributed by atoms with Crippen LogP contribution in [-0.4, -0.2) is 44.0 Å². The van der Waals surface area contributed by atoms with Gasteiger partial charge in [0.25, 0.3) is 0 Å². The summed E-state index contributed by atoms with van der Waals surface area (Å²) in [6, 6.07) is 0. The van der Waals surface area contributed by atoms with E-state index in [9.17, 15) is 0 Å². The average molecular weight is 243 g/mol. The van der Waals surface area contributed by atoms with Gasteiger partial charge in [-0.05, 0) is 19.4 Å². The van der Waals surface area contributed by atoms with E-state index in [0.717, 1.165) is 0 Å². The predicted molar refractivity (Wildman–Crippen MR) is 58.1 cm³/mol. The van der Waals surface area contributed by atoms with Gasteiger partial charge in [0.05, 0.1) is 18.8 Å². The minimum atomic E-state index is -0.622. The zero-order chi connectivity index (χ0) is 12.5. The number of ether oxygens (including phenoxy) is 4. The Bertz CT molecular complexity index is 330. The van der Waals surface area contributed by atoms with Gasteiger partial charge in [0.15, 0.2) is 12.1 Å². The van der Waals surface area contributed by atoms with Crippen LogP contribution >= 0.6 is 0 Å². The Morgan fingerprint density at radius 2 is 2.24 bits per heavy atom. The summed E-state index contributed by atoms with van der Waals surface area (Å²) in [4.78, 5) is 2.73. The molecule has 0 aliphatic carbocycles. The van der Waals surface area contributed by atoms with Gasteiger partial charge in [0, 0.05) is 18.4 Å². The molecule has 2 aliphatic heterocycles. The third-order valence-electron chi connectivity index (χ3n) is 2.89. The number of fused-ring (bicyclic) bond motifs is 1. The maximum atomic E-state index is 8.31. The minimum Gasteiger partial charge on any atom is -0.353 e. The molecule has 4 atom stereocenters. The fraction of sp³-hybridized carbons (Fsp3) is 1.00. The molecule has 0 aromatic heterocycles. The van der Waals surface area contributed by atoms with Crippen molar-refractivity contribution < 1.29 is 18.9 Å². The number of nitrogens with zero attached hydrogens (tertiary/aromatic N) is 3. The van der Waals surface area contributed by atoms with Crippen LogP contribution in [-0.2, 0) is 18.9 Å². The highest BCUT2D eigenvalue weighted by atomic mass is 16.8. The summed E-state index contributed by atoms with van der Waals surface area (Å²) in [6.45, 7) is 4.00. The molecule has 0 radical (unpaired) electrons. The molecule has 0 spiro atoms. The predicted octanol–water partition coefficient (Wildman–Crippen LogP) is 1.58. The largest absolute Gasteiger partial charge is 0.353 e. The Kier molecular flexibility index (Phi) is 3.56. The molecule has 2 heterocycles. The van der Waals surface area contributed by atoms with E-state index < -0.39 is 12.1 Å². The lowest BCUT2D eigenvalue weighted by Crippen LogP contribution is -2.48. The first-order valence-corrected chi connectivity index (χ1v) is 5.60. The van der Waals surface area contributed by atoms with Gasteiger partial charge in [0.1, 0.15) is 6.10 Å². The fourth-order valence-electron chi connectivity index (χ4n) is 2.29. The van der Waals surface area contributed by atoms with Crippen molar-refractivity contribution in [3.8, 4) is 0 Å². The smallest absolute Gasteiger partial charge is 0.186 e. The van der Waals surface area contributed by atoms with Crippen molar-refractivity contribution >= 4 is 0 Å². The van der Waals surface area contributed by atoms with Crippen molar-refractivity contribution in [3.05, 3.63) is 10.4 Å². The van der Waals surface area contributed by atoms with E-state index in [2.05, 4.69) is 10.0 Å². The van der Waals surface area contributed by atoms with Crippen molar-refractivity contribution in [1.82, 2.24) is 0 Å². The van der Waals surface area contributed by atoms with Crippen molar-refractivity contribution in [1.29, 1.82) is 0 Å². The zero-order valence-electron chi connectivity index (χ0n) is 10.2. The van der Waals surface area contributed by atoms with E-state index in [0.29, 0.717) is 6.42 Å². The van der Waals surface area contributed by atoms with Crippen LogP contribution in [0, 0.1) is 0 Å². The van der Waals surface area contributed by atoms with Gasteiger partial charge in [-0.1, -0.05) is 5.11 Å². The number of hydrogen-bond donors (Lipinski definition) is 0. The van der Waals surface area contributed by atoms with Gasteiger partial charge < -0.3 is 18.9 Å². The van der Waals surface area contributed by atoms with Crippen LogP contribution in [0.2, 0.25) is 0 Å². The highest BCUT2D eigenvalue weighted by molar-refractivity contribution is 4.90. The van der Waals surface area contributed by atoms with Gasteiger partial charge in [-0.2, -0.15) is 0 Å². The first-order chi connectivity index (χ1) is 8.05. The topological polar surface area (TPSA) is 85.7 Å². The Labute approximate surface area is 99.6 Å². The molecule has 0 N–H and O–H groups in total. The molecule has 2 rings (SSSR count). The first kappa shape index (κ1) is 12.6. The van der Waals surface area contributed by atoms with E-state index in [1.54, 1.807) is 7.11 Å². The number of azide groups is 1. The second-order valence-electron chi connectivity index (χ2n) is 4.65. The first-order valence-electron chi connectivity index (χ1n) is 5.60. The highest BCUT2D eigenvalue weighted by Gasteiger charge is 2.50. The summed E-state index contributed by atoms with van der Waals surface area (Å²) in [5, 5.41) is 3.52. The molecule has 0 aromatic carbocycles. The van der Waals surface area contributed by atoms with Crippen LogP contribution in [0.4, 0.5) is 0 Å². The molecule has 96 valence electrons. The van der Waals surface area contributed by atoms with Crippen LogP contribution in [0.5, 0.6) is 0 Å². The molecule has 7 nitrogen and oxygen atoms in total. The summed E-state index contributed by atoms with van der Waals surface area (Å²) in [5.74, 6) is -0.622. The second kappa shape index (κ2) is 4.80. The molecule has 2 unspecified atom stereocenters. The molecular formula is C10H17N3O4. The molecule has 17 heavy (non-hydrogen) atoms. The normalized spacial score (nSPS) is 39.5. The van der Waals surface area contributed by atoms with Crippen molar-refractivity contribution in [2.75, 3.05) is 13.7 Å². The highest BCUT2D eigenvalue weighted by Crippen LogP contribution is 2.37. The minimum absolute atomic E-state index is 0.0809. The Morgan fingerprint density at radius 3 is 2.88 bits per heavy atom. The lowest BCUT2D eigenvalue weighted by atomic mass is 10.0. The van der Waals surface area contributed by atoms with Crippen molar-refractivity contribution in [3.63, 3.8) is 0 Å². The summed E-state index contributed by atoms with van der Waals surface area (Å²) < 4.78 is 22.4. The molecule has 2 saturated heterocycles. The van der Waals surface area contributed by atoms with E-state index in [-0.39, 0.29) is 24.9 Å². The summed E-state index contributed by atoms with van der Waals surface area (Å²) >= 11 is 0. The number of rotatable bonds is 3. The summed E-state index contributed by atoms with van der Waals surface area (Å²) in [5.41, 5.74) is 8.31. The van der Waals surface area contributed by atoms with Crippen LogP contribution in [0.15, 0.2) is 5.11 Å². The maximum absolute atomic E-state index is 8.31. The third-order valence-corrected chi connectivity index (χ3v) is 2.89. The van der Waals surface area contributed by atoms with Gasteiger partial charge in [-0.25, -0.2) is 0 Å². The van der Waals surface area contributed by atoms with Crippen LogP contribution in [0.25, 0.3) is 10.4 Å². The van der Waals surface area contributed by atoms with Crippen molar-refractivity contribution in [2.45, 2.75) is 50.7 Å². The molecule has 7 heteroatoms. The molecule has 0 saturated carbocycles. The van der Waals surface area contributed by atoms with Crippen LogP contribution in [0.1, 0.15) is 20.3 Å². The monoisotopic (exact) mass is 243 g/mol.